The van der Waals surface area contributed by atoms with Crippen LogP contribution in [0.1, 0.15) is 83.9 Å². The fourth-order valence-corrected chi connectivity index (χ4v) is 4.16. The number of carbonyl (C=O) groups excluding carboxylic acids is 3. The standard InChI is InChI=1S/C34H45N5O3/c1-22-29(23-10-12-24(13-11-23)30(40)37-21-33(2,3)4)19-28(20-36-22)38-32(42)26-16-25(17-27(18-26)34(5,6)7)31(41)35-14-15-39(8)9/h10-13,16-20H,14-15,21H2,1-9H3,(H,35,41)(H,37,40)(H,38,42). The average molecular weight is 572 g/mol. The quantitative estimate of drug-likeness (QED) is 0.307. The van der Waals surface area contributed by atoms with Crippen LogP contribution >= 0.6 is 0 Å². The minimum absolute atomic E-state index is 0.00274. The van der Waals surface area contributed by atoms with Gasteiger partial charge >= 0.3 is 0 Å². The Hall–Kier alpha value is -4.04. The Bertz CT molecular complexity index is 1430. The number of aryl methyl sites for hydroxylation is 1. The average Bonchev–Trinajstić information content (AvgIpc) is 2.91. The lowest BCUT2D eigenvalue weighted by molar-refractivity contribution is 0.0935. The number of pyridine rings is 1. The molecule has 8 heteroatoms. The zero-order valence-electron chi connectivity index (χ0n) is 26.4. The smallest absolute Gasteiger partial charge is 0.255 e. The molecule has 3 amide bonds. The molecule has 42 heavy (non-hydrogen) atoms. The van der Waals surface area contributed by atoms with Crippen LogP contribution in [-0.2, 0) is 5.41 Å². The third-order valence-corrected chi connectivity index (χ3v) is 6.75. The molecular weight excluding hydrogens is 526 g/mol. The van der Waals surface area contributed by atoms with E-state index in [0.717, 1.165) is 22.4 Å². The molecule has 224 valence electrons. The second kappa shape index (κ2) is 13.3. The number of carbonyl (C=O) groups is 3. The first-order chi connectivity index (χ1) is 19.5. The summed E-state index contributed by atoms with van der Waals surface area (Å²) < 4.78 is 0. The zero-order valence-corrected chi connectivity index (χ0v) is 26.4. The summed E-state index contributed by atoms with van der Waals surface area (Å²) in [5.74, 6) is -0.659. The van der Waals surface area contributed by atoms with E-state index in [4.69, 9.17) is 0 Å². The minimum atomic E-state index is -0.328. The van der Waals surface area contributed by atoms with E-state index in [9.17, 15) is 14.4 Å². The lowest BCUT2D eigenvalue weighted by atomic mass is 9.85. The molecule has 0 aliphatic carbocycles. The van der Waals surface area contributed by atoms with Gasteiger partial charge in [0.15, 0.2) is 0 Å². The number of nitrogens with zero attached hydrogens (tertiary/aromatic N) is 2. The van der Waals surface area contributed by atoms with Gasteiger partial charge in [-0.05, 0) is 79.4 Å². The normalized spacial score (nSPS) is 11.8. The Morgan fingerprint density at radius 3 is 1.95 bits per heavy atom. The molecule has 0 bridgehead atoms. The highest BCUT2D eigenvalue weighted by Crippen LogP contribution is 2.28. The van der Waals surface area contributed by atoms with Gasteiger partial charge in [-0.1, -0.05) is 53.7 Å². The number of aromatic nitrogens is 1. The molecule has 0 unspecified atom stereocenters. The third-order valence-electron chi connectivity index (χ3n) is 6.75. The van der Waals surface area contributed by atoms with Crippen LogP contribution in [0.5, 0.6) is 0 Å². The highest BCUT2D eigenvalue weighted by atomic mass is 16.2. The molecule has 0 saturated heterocycles. The number of hydrogen-bond donors (Lipinski definition) is 3. The number of benzene rings is 2. The molecule has 0 spiro atoms. The lowest BCUT2D eigenvalue weighted by Crippen LogP contribution is -2.32. The zero-order chi connectivity index (χ0) is 31.2. The van der Waals surface area contributed by atoms with Crippen molar-refractivity contribution in [1.29, 1.82) is 0 Å². The summed E-state index contributed by atoms with van der Waals surface area (Å²) in [5, 5.41) is 8.86. The molecule has 3 aromatic rings. The van der Waals surface area contributed by atoms with E-state index >= 15 is 0 Å². The van der Waals surface area contributed by atoms with Crippen molar-refractivity contribution in [2.24, 2.45) is 5.41 Å². The minimum Gasteiger partial charge on any atom is -0.352 e. The maximum Gasteiger partial charge on any atom is 0.255 e. The maximum atomic E-state index is 13.4. The summed E-state index contributed by atoms with van der Waals surface area (Å²) in [6.45, 7) is 16.1. The lowest BCUT2D eigenvalue weighted by Gasteiger charge is -2.21. The summed E-state index contributed by atoms with van der Waals surface area (Å²) in [5.41, 5.74) is 5.11. The van der Waals surface area contributed by atoms with E-state index in [1.807, 2.05) is 77.0 Å². The first kappa shape index (κ1) is 32.5. The van der Waals surface area contributed by atoms with E-state index in [1.165, 1.54) is 0 Å². The summed E-state index contributed by atoms with van der Waals surface area (Å²) >= 11 is 0. The van der Waals surface area contributed by atoms with E-state index < -0.39 is 0 Å². The summed E-state index contributed by atoms with van der Waals surface area (Å²) in [6.07, 6.45) is 1.62. The molecule has 0 aliphatic heterocycles. The predicted molar refractivity (Wildman–Crippen MR) is 170 cm³/mol. The topological polar surface area (TPSA) is 103 Å². The number of hydrogen-bond acceptors (Lipinski definition) is 5. The van der Waals surface area contributed by atoms with Gasteiger partial charge in [-0.2, -0.15) is 0 Å². The van der Waals surface area contributed by atoms with Crippen LogP contribution in [0.3, 0.4) is 0 Å². The summed E-state index contributed by atoms with van der Waals surface area (Å²) in [7, 11) is 3.89. The van der Waals surface area contributed by atoms with Gasteiger partial charge in [0.05, 0.1) is 11.9 Å². The largest absolute Gasteiger partial charge is 0.352 e. The molecule has 8 nitrogen and oxygen atoms in total. The van der Waals surface area contributed by atoms with Crippen molar-refractivity contribution in [3.05, 3.63) is 82.7 Å². The molecule has 0 atom stereocenters. The van der Waals surface area contributed by atoms with Crippen molar-refractivity contribution < 1.29 is 14.4 Å². The Morgan fingerprint density at radius 2 is 1.38 bits per heavy atom. The third kappa shape index (κ3) is 9.24. The van der Waals surface area contributed by atoms with Crippen LogP contribution < -0.4 is 16.0 Å². The second-order valence-electron chi connectivity index (χ2n) is 13.2. The van der Waals surface area contributed by atoms with Crippen LogP contribution in [0.4, 0.5) is 5.69 Å². The van der Waals surface area contributed by atoms with Crippen LogP contribution in [0.2, 0.25) is 0 Å². The van der Waals surface area contributed by atoms with Gasteiger partial charge in [0, 0.05) is 47.6 Å². The maximum absolute atomic E-state index is 13.4. The molecule has 3 rings (SSSR count). The van der Waals surface area contributed by atoms with E-state index in [-0.39, 0.29) is 28.6 Å². The van der Waals surface area contributed by atoms with Gasteiger partial charge < -0.3 is 20.9 Å². The second-order valence-corrected chi connectivity index (χ2v) is 13.2. The molecule has 3 N–H and O–H groups in total. The molecule has 1 heterocycles. The van der Waals surface area contributed by atoms with E-state index in [1.54, 1.807) is 24.4 Å². The molecular formula is C34H45N5O3. The van der Waals surface area contributed by atoms with Crippen molar-refractivity contribution in [2.45, 2.75) is 53.9 Å². The number of amides is 3. The Kier molecular flexibility index (Phi) is 10.3. The van der Waals surface area contributed by atoms with E-state index in [2.05, 4.69) is 41.7 Å². The number of nitrogens with one attached hydrogen (secondary N) is 3. The van der Waals surface area contributed by atoms with E-state index in [0.29, 0.717) is 42.0 Å². The number of rotatable bonds is 9. The molecule has 0 fully saturated rings. The van der Waals surface area contributed by atoms with Crippen LogP contribution in [0.25, 0.3) is 11.1 Å². The highest BCUT2D eigenvalue weighted by Gasteiger charge is 2.20. The van der Waals surface area contributed by atoms with Crippen LogP contribution in [-0.4, -0.2) is 61.3 Å². The van der Waals surface area contributed by atoms with Gasteiger partial charge in [0.2, 0.25) is 0 Å². The summed E-state index contributed by atoms with van der Waals surface area (Å²) in [6, 6.07) is 14.5. The fourth-order valence-electron chi connectivity index (χ4n) is 4.16. The number of likely N-dealkylation sites (N-methyl/N-ethyl adjacent to an activating group) is 1. The van der Waals surface area contributed by atoms with Crippen molar-refractivity contribution >= 4 is 23.4 Å². The van der Waals surface area contributed by atoms with Crippen LogP contribution in [0.15, 0.2) is 54.7 Å². The molecule has 1 aromatic heterocycles. The molecule has 2 aromatic carbocycles. The highest BCUT2D eigenvalue weighted by molar-refractivity contribution is 6.06. The van der Waals surface area contributed by atoms with Crippen LogP contribution in [0, 0.1) is 12.3 Å². The van der Waals surface area contributed by atoms with Gasteiger partial charge in [0.25, 0.3) is 17.7 Å². The van der Waals surface area contributed by atoms with Gasteiger partial charge in [-0.25, -0.2) is 0 Å². The molecule has 0 radical (unpaired) electrons. The Balaban J connectivity index is 1.83. The molecule has 0 saturated carbocycles. The van der Waals surface area contributed by atoms with Gasteiger partial charge in [-0.3, -0.25) is 19.4 Å². The predicted octanol–water partition coefficient (Wildman–Crippen LogP) is 5.67. The number of anilines is 1. The first-order valence-electron chi connectivity index (χ1n) is 14.3. The van der Waals surface area contributed by atoms with Crippen molar-refractivity contribution in [1.82, 2.24) is 20.5 Å². The first-order valence-corrected chi connectivity index (χ1v) is 14.3. The Morgan fingerprint density at radius 1 is 0.786 bits per heavy atom. The van der Waals surface area contributed by atoms with Crippen molar-refractivity contribution in [2.75, 3.05) is 39.0 Å². The SMILES string of the molecule is Cc1ncc(NC(=O)c2cc(C(=O)NCCN(C)C)cc(C(C)(C)C)c2)cc1-c1ccc(C(=O)NCC(C)(C)C)cc1. The fraction of sp³-hybridized carbons (Fsp3) is 0.412. The van der Waals surface area contributed by atoms with Crippen molar-refractivity contribution in [3.63, 3.8) is 0 Å². The monoisotopic (exact) mass is 571 g/mol. The Labute approximate surface area is 250 Å². The van der Waals surface area contributed by atoms with Gasteiger partial charge in [-0.15, -0.1) is 0 Å². The summed E-state index contributed by atoms with van der Waals surface area (Å²) in [4.78, 5) is 45.4. The van der Waals surface area contributed by atoms with Gasteiger partial charge in [0.1, 0.15) is 0 Å². The molecule has 0 aliphatic rings. The van der Waals surface area contributed by atoms with Crippen molar-refractivity contribution in [3.8, 4) is 11.1 Å².